The molecule has 1 aliphatic rings. The highest BCUT2D eigenvalue weighted by molar-refractivity contribution is 7.89. The molecular formula is C16H17ClN4O3S. The van der Waals surface area contributed by atoms with E-state index in [0.717, 1.165) is 12.1 Å². The number of morpholine rings is 1. The van der Waals surface area contributed by atoms with Gasteiger partial charge in [-0.3, -0.25) is 4.68 Å². The lowest BCUT2D eigenvalue weighted by molar-refractivity contribution is -0.00260. The number of sulfonamides is 1. The van der Waals surface area contributed by atoms with E-state index in [9.17, 15) is 13.7 Å². The number of nitriles is 1. The molecule has 1 saturated heterocycles. The second-order valence-electron chi connectivity index (χ2n) is 5.60. The molecule has 0 amide bonds. The van der Waals surface area contributed by atoms with Crippen LogP contribution < -0.4 is 0 Å². The Balaban J connectivity index is 1.90. The molecule has 7 nitrogen and oxygen atoms in total. The molecule has 0 unspecified atom stereocenters. The molecule has 132 valence electrons. The zero-order valence-corrected chi connectivity index (χ0v) is 15.2. The number of aryl methyl sites for hydroxylation is 1. The quantitative estimate of drug-likeness (QED) is 0.811. The molecule has 0 aliphatic carbocycles. The molecule has 0 radical (unpaired) electrons. The second kappa shape index (κ2) is 7.14. The van der Waals surface area contributed by atoms with Crippen LogP contribution in [0.3, 0.4) is 0 Å². The summed E-state index contributed by atoms with van der Waals surface area (Å²) in [7, 11) is -3.85. The van der Waals surface area contributed by atoms with E-state index in [4.69, 9.17) is 16.3 Å². The fraction of sp³-hybridized carbons (Fsp3) is 0.375. The van der Waals surface area contributed by atoms with Crippen molar-refractivity contribution in [3.05, 3.63) is 46.7 Å². The van der Waals surface area contributed by atoms with Crippen LogP contribution in [0.2, 0.25) is 5.02 Å². The van der Waals surface area contributed by atoms with E-state index in [1.54, 1.807) is 10.9 Å². The molecule has 9 heteroatoms. The number of halogens is 1. The van der Waals surface area contributed by atoms with Gasteiger partial charge >= 0.3 is 0 Å². The zero-order chi connectivity index (χ0) is 18.0. The van der Waals surface area contributed by atoms with Crippen molar-refractivity contribution in [3.8, 4) is 6.07 Å². The van der Waals surface area contributed by atoms with Crippen LogP contribution in [-0.2, 0) is 21.3 Å². The highest BCUT2D eigenvalue weighted by Gasteiger charge is 2.33. The van der Waals surface area contributed by atoms with Crippen molar-refractivity contribution < 1.29 is 13.2 Å². The van der Waals surface area contributed by atoms with Crippen molar-refractivity contribution in [2.75, 3.05) is 19.7 Å². The molecule has 3 rings (SSSR count). The average Bonchev–Trinajstić information content (AvgIpc) is 3.11. The van der Waals surface area contributed by atoms with Gasteiger partial charge in [-0.2, -0.15) is 14.7 Å². The predicted molar refractivity (Wildman–Crippen MR) is 91.5 cm³/mol. The SMILES string of the molecule is CCn1cc([C@H]2CN(S(=O)(=O)c3cc(Cl)ccc3C#N)CCO2)cn1. The van der Waals surface area contributed by atoms with Gasteiger partial charge in [0.1, 0.15) is 11.0 Å². The highest BCUT2D eigenvalue weighted by Crippen LogP contribution is 2.29. The van der Waals surface area contributed by atoms with E-state index in [-0.39, 0.29) is 35.2 Å². The largest absolute Gasteiger partial charge is 0.371 e. The maximum Gasteiger partial charge on any atom is 0.244 e. The third-order valence-electron chi connectivity index (χ3n) is 4.06. The lowest BCUT2D eigenvalue weighted by Crippen LogP contribution is -2.42. The molecule has 25 heavy (non-hydrogen) atoms. The molecule has 0 spiro atoms. The first-order valence-corrected chi connectivity index (χ1v) is 9.61. The molecule has 1 aromatic carbocycles. The molecule has 0 bridgehead atoms. The third kappa shape index (κ3) is 3.55. The molecule has 1 aliphatic heterocycles. The fourth-order valence-corrected chi connectivity index (χ4v) is 4.53. The summed E-state index contributed by atoms with van der Waals surface area (Å²) in [4.78, 5) is -0.0765. The summed E-state index contributed by atoms with van der Waals surface area (Å²) in [5.41, 5.74) is 0.902. The Morgan fingerprint density at radius 3 is 2.96 bits per heavy atom. The maximum absolute atomic E-state index is 13.0. The average molecular weight is 381 g/mol. The maximum atomic E-state index is 13.0. The van der Waals surface area contributed by atoms with Crippen LogP contribution in [-0.4, -0.2) is 42.2 Å². The number of ether oxygens (including phenoxy) is 1. The van der Waals surface area contributed by atoms with Crippen LogP contribution in [0.5, 0.6) is 0 Å². The number of benzene rings is 1. The molecule has 2 aromatic rings. The minimum Gasteiger partial charge on any atom is -0.371 e. The standard InChI is InChI=1S/C16H17ClN4O3S/c1-2-20-10-13(9-19-20)15-11-21(5-6-24-15)25(22,23)16-7-14(17)4-3-12(16)8-18/h3-4,7,9-10,15H,2,5-6,11H2,1H3/t15-/m1/s1. The molecule has 0 saturated carbocycles. The van der Waals surface area contributed by atoms with Crippen LogP contribution >= 0.6 is 11.6 Å². The topological polar surface area (TPSA) is 88.2 Å². The number of nitrogens with zero attached hydrogens (tertiary/aromatic N) is 4. The van der Waals surface area contributed by atoms with Gasteiger partial charge in [0, 0.05) is 36.4 Å². The van der Waals surface area contributed by atoms with Gasteiger partial charge in [0.2, 0.25) is 10.0 Å². The van der Waals surface area contributed by atoms with Crippen molar-refractivity contribution >= 4 is 21.6 Å². The summed E-state index contributed by atoms with van der Waals surface area (Å²) in [5.74, 6) is 0. The smallest absolute Gasteiger partial charge is 0.244 e. The summed E-state index contributed by atoms with van der Waals surface area (Å²) in [6.07, 6.45) is 3.14. The minimum atomic E-state index is -3.85. The van der Waals surface area contributed by atoms with Crippen molar-refractivity contribution in [2.24, 2.45) is 0 Å². The van der Waals surface area contributed by atoms with Gasteiger partial charge < -0.3 is 4.74 Å². The van der Waals surface area contributed by atoms with Crippen molar-refractivity contribution in [2.45, 2.75) is 24.5 Å². The van der Waals surface area contributed by atoms with Crippen molar-refractivity contribution in [3.63, 3.8) is 0 Å². The minimum absolute atomic E-state index is 0.0752. The van der Waals surface area contributed by atoms with Crippen LogP contribution in [0.4, 0.5) is 0 Å². The Labute approximate surface area is 151 Å². The monoisotopic (exact) mass is 380 g/mol. The zero-order valence-electron chi connectivity index (χ0n) is 13.6. The molecule has 2 heterocycles. The Morgan fingerprint density at radius 2 is 2.28 bits per heavy atom. The van der Waals surface area contributed by atoms with Gasteiger partial charge in [0.25, 0.3) is 0 Å². The predicted octanol–water partition coefficient (Wildman–Crippen LogP) is 2.19. The van der Waals surface area contributed by atoms with E-state index in [0.29, 0.717) is 0 Å². The van der Waals surface area contributed by atoms with Crippen molar-refractivity contribution in [1.29, 1.82) is 5.26 Å². The fourth-order valence-electron chi connectivity index (χ4n) is 2.71. The summed E-state index contributed by atoms with van der Waals surface area (Å²) in [5, 5.41) is 13.7. The Kier molecular flexibility index (Phi) is 5.11. The Morgan fingerprint density at radius 1 is 1.48 bits per heavy atom. The second-order valence-corrected chi connectivity index (χ2v) is 7.95. The summed E-state index contributed by atoms with van der Waals surface area (Å²) < 4.78 is 34.8. The van der Waals surface area contributed by atoms with Gasteiger partial charge in [-0.15, -0.1) is 0 Å². The summed E-state index contributed by atoms with van der Waals surface area (Å²) in [6, 6.07) is 6.14. The van der Waals surface area contributed by atoms with Gasteiger partial charge in [-0.25, -0.2) is 8.42 Å². The summed E-state index contributed by atoms with van der Waals surface area (Å²) >= 11 is 5.93. The van der Waals surface area contributed by atoms with E-state index < -0.39 is 16.1 Å². The molecule has 1 atom stereocenters. The van der Waals surface area contributed by atoms with E-state index >= 15 is 0 Å². The van der Waals surface area contributed by atoms with E-state index in [1.807, 2.05) is 19.2 Å². The number of hydrogen-bond donors (Lipinski definition) is 0. The molecular weight excluding hydrogens is 364 g/mol. The van der Waals surface area contributed by atoms with Gasteiger partial charge in [-0.1, -0.05) is 11.6 Å². The summed E-state index contributed by atoms with van der Waals surface area (Å²) in [6.45, 7) is 3.34. The van der Waals surface area contributed by atoms with Crippen molar-refractivity contribution in [1.82, 2.24) is 14.1 Å². The van der Waals surface area contributed by atoms with Crippen LogP contribution in [0.25, 0.3) is 0 Å². The lowest BCUT2D eigenvalue weighted by Gasteiger charge is -2.32. The normalized spacial score (nSPS) is 18.8. The van der Waals surface area contributed by atoms with E-state index in [1.165, 1.54) is 22.5 Å². The number of aromatic nitrogens is 2. The van der Waals surface area contributed by atoms with Gasteiger partial charge in [0.05, 0.1) is 24.5 Å². The molecule has 1 aromatic heterocycles. The van der Waals surface area contributed by atoms with Gasteiger partial charge in [0.15, 0.2) is 0 Å². The number of rotatable bonds is 4. The Bertz CT molecular complexity index is 920. The van der Waals surface area contributed by atoms with Crippen LogP contribution in [0.1, 0.15) is 24.2 Å². The highest BCUT2D eigenvalue weighted by atomic mass is 35.5. The third-order valence-corrected chi connectivity index (χ3v) is 6.20. The van der Waals surface area contributed by atoms with Crippen LogP contribution in [0, 0.1) is 11.3 Å². The van der Waals surface area contributed by atoms with E-state index in [2.05, 4.69) is 5.10 Å². The van der Waals surface area contributed by atoms with Crippen LogP contribution in [0.15, 0.2) is 35.5 Å². The molecule has 0 N–H and O–H groups in total. The number of hydrogen-bond acceptors (Lipinski definition) is 5. The molecule has 1 fully saturated rings. The van der Waals surface area contributed by atoms with Gasteiger partial charge in [-0.05, 0) is 25.1 Å². The first-order chi connectivity index (χ1) is 12.0. The first-order valence-electron chi connectivity index (χ1n) is 7.79. The first kappa shape index (κ1) is 17.9. The lowest BCUT2D eigenvalue weighted by atomic mass is 10.2. The Hall–Kier alpha value is -1.92.